The topological polar surface area (TPSA) is 162 Å². The number of ether oxygens (including phenoxy) is 3. The van der Waals surface area contributed by atoms with E-state index in [4.69, 9.17) is 14.2 Å². The summed E-state index contributed by atoms with van der Waals surface area (Å²) in [6, 6.07) is 16.1. The Morgan fingerprint density at radius 2 is 1.50 bits per heavy atom. The van der Waals surface area contributed by atoms with Gasteiger partial charge in [0.25, 0.3) is 0 Å². The van der Waals surface area contributed by atoms with Gasteiger partial charge in [0, 0.05) is 17.5 Å². The summed E-state index contributed by atoms with van der Waals surface area (Å²) in [6.45, 7) is 11.9. The highest BCUT2D eigenvalue weighted by Gasteiger charge is 2.33. The third-order valence-electron chi connectivity index (χ3n) is 6.88. The number of carbonyl (C=O) groups excluding carboxylic acids is 5. The Hall–Kier alpha value is -5.26. The molecule has 0 saturated carbocycles. The molecule has 12 nitrogen and oxygen atoms in total. The number of fused-ring (bicyclic) bond motifs is 1. The van der Waals surface area contributed by atoms with Crippen molar-refractivity contribution >= 4 is 40.7 Å². The Morgan fingerprint density at radius 3 is 2.17 bits per heavy atom. The fourth-order valence-electron chi connectivity index (χ4n) is 4.56. The third kappa shape index (κ3) is 12.2. The maximum Gasteiger partial charge on any atom is 0.408 e. The molecule has 0 spiro atoms. The van der Waals surface area contributed by atoms with Gasteiger partial charge in [0.1, 0.15) is 36.9 Å². The van der Waals surface area contributed by atoms with Crippen molar-refractivity contribution in [2.75, 3.05) is 6.61 Å². The molecule has 2 aromatic carbocycles. The Kier molecular flexibility index (Phi) is 13.6. The minimum absolute atomic E-state index is 0.0442. The van der Waals surface area contributed by atoms with Crippen LogP contribution in [0.5, 0.6) is 0 Å². The molecule has 3 atom stereocenters. The maximum atomic E-state index is 13.8. The molecule has 12 heteroatoms. The summed E-state index contributed by atoms with van der Waals surface area (Å²) >= 11 is 0. The smallest absolute Gasteiger partial charge is 0.408 e. The van der Waals surface area contributed by atoms with Gasteiger partial charge in [0.15, 0.2) is 0 Å². The number of benzene rings is 2. The zero-order valence-corrected chi connectivity index (χ0v) is 28.0. The molecule has 1 aromatic heterocycles. The SMILES string of the molecule is C=CCOC(=O)C(NC(=O)[C@H](Cc1ccc2ccccc2n1)NC(=O)[C@H](CC(=O)OC(C)(C)C)NC(=O)OCc1ccccc1)C(C)C. The molecule has 0 aliphatic carbocycles. The summed E-state index contributed by atoms with van der Waals surface area (Å²) in [5.74, 6) is -3.34. The summed E-state index contributed by atoms with van der Waals surface area (Å²) in [6.07, 6.45) is -0.167. The second kappa shape index (κ2) is 17.6. The lowest BCUT2D eigenvalue weighted by molar-refractivity contribution is -0.156. The van der Waals surface area contributed by atoms with Gasteiger partial charge in [-0.25, -0.2) is 9.59 Å². The van der Waals surface area contributed by atoms with Crippen LogP contribution in [0.3, 0.4) is 0 Å². The summed E-state index contributed by atoms with van der Waals surface area (Å²) in [7, 11) is 0. The molecular weight excluding hydrogens is 616 g/mol. The molecule has 0 aliphatic rings. The quantitative estimate of drug-likeness (QED) is 0.123. The molecule has 0 radical (unpaired) electrons. The van der Waals surface area contributed by atoms with Crippen LogP contribution in [0, 0.1) is 5.92 Å². The Bertz CT molecular complexity index is 1590. The van der Waals surface area contributed by atoms with E-state index in [0.717, 1.165) is 5.39 Å². The van der Waals surface area contributed by atoms with Gasteiger partial charge < -0.3 is 30.2 Å². The molecule has 0 fully saturated rings. The monoisotopic (exact) mass is 660 g/mol. The Balaban J connectivity index is 1.88. The lowest BCUT2D eigenvalue weighted by Gasteiger charge is -2.26. The summed E-state index contributed by atoms with van der Waals surface area (Å²) in [4.78, 5) is 70.5. The van der Waals surface area contributed by atoms with E-state index in [0.29, 0.717) is 16.8 Å². The van der Waals surface area contributed by atoms with Crippen molar-refractivity contribution in [3.05, 3.63) is 90.6 Å². The van der Waals surface area contributed by atoms with E-state index >= 15 is 0 Å². The highest BCUT2D eigenvalue weighted by molar-refractivity contribution is 5.95. The third-order valence-corrected chi connectivity index (χ3v) is 6.88. The van der Waals surface area contributed by atoms with E-state index in [-0.39, 0.29) is 25.6 Å². The van der Waals surface area contributed by atoms with Crippen molar-refractivity contribution in [3.8, 4) is 0 Å². The summed E-state index contributed by atoms with van der Waals surface area (Å²) in [5.41, 5.74) is 1.01. The zero-order valence-electron chi connectivity index (χ0n) is 28.0. The van der Waals surface area contributed by atoms with Crippen LogP contribution in [-0.4, -0.2) is 65.2 Å². The van der Waals surface area contributed by atoms with Gasteiger partial charge in [-0.05, 0) is 44.4 Å². The Labute approximate surface area is 280 Å². The van der Waals surface area contributed by atoms with Crippen molar-refractivity contribution in [2.24, 2.45) is 5.92 Å². The van der Waals surface area contributed by atoms with E-state index in [1.165, 1.54) is 6.08 Å². The van der Waals surface area contributed by atoms with Crippen molar-refractivity contribution < 1.29 is 38.2 Å². The van der Waals surface area contributed by atoms with Crippen molar-refractivity contribution in [1.29, 1.82) is 0 Å². The molecule has 3 N–H and O–H groups in total. The molecule has 0 aliphatic heterocycles. The molecule has 3 rings (SSSR count). The maximum absolute atomic E-state index is 13.8. The second-order valence-corrected chi connectivity index (χ2v) is 12.5. The molecular formula is C36H44N4O8. The average molecular weight is 661 g/mol. The second-order valence-electron chi connectivity index (χ2n) is 12.5. The van der Waals surface area contributed by atoms with Crippen LogP contribution in [0.15, 0.2) is 79.4 Å². The van der Waals surface area contributed by atoms with E-state index < -0.39 is 60.0 Å². The van der Waals surface area contributed by atoms with Gasteiger partial charge in [-0.2, -0.15) is 0 Å². The van der Waals surface area contributed by atoms with Crippen molar-refractivity contribution in [2.45, 2.75) is 77.8 Å². The predicted octanol–water partition coefficient (Wildman–Crippen LogP) is 4.16. The largest absolute Gasteiger partial charge is 0.460 e. The molecule has 256 valence electrons. The molecule has 1 heterocycles. The first-order valence-corrected chi connectivity index (χ1v) is 15.7. The summed E-state index contributed by atoms with van der Waals surface area (Å²) < 4.78 is 15.9. The normalized spacial score (nSPS) is 13.0. The first-order valence-electron chi connectivity index (χ1n) is 15.7. The standard InChI is InChI=1S/C36H44N4O8/c1-7-19-46-34(44)31(23(2)3)40-33(43)28(20-26-18-17-25-15-11-12-16-27(25)37-26)38-32(42)29(21-30(41)48-36(4,5)6)39-35(45)47-22-24-13-9-8-10-14-24/h7-18,23,28-29,31H,1,19-22H2,2-6H3,(H,38,42)(H,39,45)(H,40,43)/t28-,29-,31?/m0/s1. The van der Waals surface area contributed by atoms with Crippen molar-refractivity contribution in [3.63, 3.8) is 0 Å². The first-order chi connectivity index (χ1) is 22.8. The number of alkyl carbamates (subject to hydrolysis) is 1. The van der Waals surface area contributed by atoms with Gasteiger partial charge in [-0.1, -0.05) is 81.1 Å². The van der Waals surface area contributed by atoms with Gasteiger partial charge in [-0.15, -0.1) is 0 Å². The minimum Gasteiger partial charge on any atom is -0.460 e. The fraction of sp³-hybridized carbons (Fsp3) is 0.389. The van der Waals surface area contributed by atoms with Crippen LogP contribution in [0.2, 0.25) is 0 Å². The van der Waals surface area contributed by atoms with Crippen LogP contribution in [0.25, 0.3) is 10.9 Å². The first kappa shape index (κ1) is 37.2. The van der Waals surface area contributed by atoms with Crippen LogP contribution >= 0.6 is 0 Å². The van der Waals surface area contributed by atoms with Crippen molar-refractivity contribution in [1.82, 2.24) is 20.9 Å². The van der Waals surface area contributed by atoms with Crippen LogP contribution in [0.1, 0.15) is 52.3 Å². The number of nitrogens with zero attached hydrogens (tertiary/aromatic N) is 1. The lowest BCUT2D eigenvalue weighted by atomic mass is 10.0. The van der Waals surface area contributed by atoms with E-state index in [2.05, 4.69) is 27.5 Å². The van der Waals surface area contributed by atoms with Gasteiger partial charge in [0.05, 0.1) is 11.9 Å². The molecule has 0 bridgehead atoms. The fourth-order valence-corrected chi connectivity index (χ4v) is 4.56. The molecule has 3 amide bonds. The number of esters is 2. The number of hydrogen-bond acceptors (Lipinski definition) is 9. The van der Waals surface area contributed by atoms with Crippen LogP contribution in [0.4, 0.5) is 4.79 Å². The molecule has 0 saturated heterocycles. The van der Waals surface area contributed by atoms with E-state index in [9.17, 15) is 24.0 Å². The van der Waals surface area contributed by atoms with Crippen LogP contribution in [-0.2, 0) is 46.4 Å². The highest BCUT2D eigenvalue weighted by Crippen LogP contribution is 2.15. The number of pyridine rings is 1. The predicted molar refractivity (Wildman–Crippen MR) is 179 cm³/mol. The number of rotatable bonds is 15. The number of amides is 3. The zero-order chi connectivity index (χ0) is 35.3. The molecule has 3 aromatic rings. The molecule has 1 unspecified atom stereocenters. The minimum atomic E-state index is -1.47. The molecule has 48 heavy (non-hydrogen) atoms. The Morgan fingerprint density at radius 1 is 0.833 bits per heavy atom. The van der Waals surface area contributed by atoms with Crippen LogP contribution < -0.4 is 16.0 Å². The van der Waals surface area contributed by atoms with Gasteiger partial charge in [-0.3, -0.25) is 19.4 Å². The number of nitrogens with one attached hydrogen (secondary N) is 3. The number of aromatic nitrogens is 1. The number of hydrogen-bond donors (Lipinski definition) is 3. The van der Waals surface area contributed by atoms with Gasteiger partial charge in [0.2, 0.25) is 11.8 Å². The van der Waals surface area contributed by atoms with Gasteiger partial charge >= 0.3 is 18.0 Å². The lowest BCUT2D eigenvalue weighted by Crippen LogP contribution is -2.57. The van der Waals surface area contributed by atoms with E-state index in [1.807, 2.05) is 36.4 Å². The highest BCUT2D eigenvalue weighted by atomic mass is 16.6. The number of para-hydroxylation sites is 1. The number of carbonyl (C=O) groups is 5. The summed E-state index contributed by atoms with van der Waals surface area (Å²) in [5, 5.41) is 8.65. The van der Waals surface area contributed by atoms with E-state index in [1.54, 1.807) is 65.0 Å². The average Bonchev–Trinajstić information content (AvgIpc) is 3.03.